The van der Waals surface area contributed by atoms with Gasteiger partial charge in [0.25, 0.3) is 5.91 Å². The van der Waals surface area contributed by atoms with Crippen molar-refractivity contribution in [3.05, 3.63) is 65.5 Å². The number of hydrogen-bond donors (Lipinski definition) is 1. The first kappa shape index (κ1) is 18.7. The topological polar surface area (TPSA) is 61.6 Å². The lowest BCUT2D eigenvalue weighted by Crippen LogP contribution is -2.46. The minimum Gasteiger partial charge on any atom is -0.395 e. The highest BCUT2D eigenvalue weighted by Gasteiger charge is 2.26. The van der Waals surface area contributed by atoms with Crippen molar-refractivity contribution in [2.75, 3.05) is 27.2 Å². The van der Waals surface area contributed by atoms with Gasteiger partial charge in [0, 0.05) is 38.3 Å². The molecule has 1 aliphatic rings. The number of aromatic nitrogens is 2. The van der Waals surface area contributed by atoms with Gasteiger partial charge < -0.3 is 14.6 Å². The zero-order valence-electron chi connectivity index (χ0n) is 16.4. The predicted octanol–water partition coefficient (Wildman–Crippen LogP) is 2.16. The molecular weight excluding hydrogens is 352 g/mol. The van der Waals surface area contributed by atoms with Crippen LogP contribution in [0.15, 0.2) is 48.8 Å². The van der Waals surface area contributed by atoms with Crippen molar-refractivity contribution in [3.63, 3.8) is 0 Å². The SMILES string of the molecule is CN(C[C@@H]1Cc2ccccc2CN1C)C(=O)c1ccc2c(c1)ncn2CCO. The van der Waals surface area contributed by atoms with Crippen LogP contribution in [0, 0.1) is 0 Å². The minimum atomic E-state index is 0.00543. The maximum Gasteiger partial charge on any atom is 0.253 e. The summed E-state index contributed by atoms with van der Waals surface area (Å²) in [5.41, 5.74) is 5.10. The van der Waals surface area contributed by atoms with Gasteiger partial charge in [0.1, 0.15) is 0 Å². The Kier molecular flexibility index (Phi) is 5.15. The molecular formula is C22H26N4O2. The second-order valence-corrected chi connectivity index (χ2v) is 7.59. The summed E-state index contributed by atoms with van der Waals surface area (Å²) in [7, 11) is 3.99. The van der Waals surface area contributed by atoms with Crippen LogP contribution < -0.4 is 0 Å². The van der Waals surface area contributed by atoms with E-state index in [9.17, 15) is 4.79 Å². The molecule has 1 N–H and O–H groups in total. The zero-order chi connectivity index (χ0) is 19.7. The summed E-state index contributed by atoms with van der Waals surface area (Å²) in [4.78, 5) is 21.5. The molecule has 3 aromatic rings. The first-order chi connectivity index (χ1) is 13.6. The van der Waals surface area contributed by atoms with E-state index in [4.69, 9.17) is 5.11 Å². The molecule has 6 heteroatoms. The summed E-state index contributed by atoms with van der Waals surface area (Å²) >= 11 is 0. The number of carbonyl (C=O) groups is 1. The molecule has 2 heterocycles. The number of aliphatic hydroxyl groups is 1. The van der Waals surface area contributed by atoms with Crippen molar-refractivity contribution in [3.8, 4) is 0 Å². The van der Waals surface area contributed by atoms with Crippen LogP contribution in [-0.2, 0) is 19.5 Å². The van der Waals surface area contributed by atoms with Gasteiger partial charge in [-0.05, 0) is 42.8 Å². The van der Waals surface area contributed by atoms with Crippen LogP contribution in [0.4, 0.5) is 0 Å². The summed E-state index contributed by atoms with van der Waals surface area (Å²) in [6.07, 6.45) is 2.65. The molecule has 1 amide bonds. The highest BCUT2D eigenvalue weighted by molar-refractivity contribution is 5.97. The summed E-state index contributed by atoms with van der Waals surface area (Å²) < 4.78 is 1.89. The van der Waals surface area contributed by atoms with Crippen LogP contribution >= 0.6 is 0 Å². The summed E-state index contributed by atoms with van der Waals surface area (Å²) in [6.45, 7) is 2.16. The van der Waals surface area contributed by atoms with Gasteiger partial charge in [0.15, 0.2) is 0 Å². The molecule has 0 bridgehead atoms. The quantitative estimate of drug-likeness (QED) is 0.739. The van der Waals surface area contributed by atoms with E-state index in [1.54, 1.807) is 11.2 Å². The van der Waals surface area contributed by atoms with E-state index >= 15 is 0 Å². The molecule has 0 unspecified atom stereocenters. The third-order valence-corrected chi connectivity index (χ3v) is 5.66. The van der Waals surface area contributed by atoms with E-state index in [1.807, 2.05) is 29.8 Å². The average Bonchev–Trinajstić information content (AvgIpc) is 3.10. The number of aliphatic hydroxyl groups excluding tert-OH is 1. The zero-order valence-corrected chi connectivity index (χ0v) is 16.4. The summed E-state index contributed by atoms with van der Waals surface area (Å²) in [6, 6.07) is 14.4. The minimum absolute atomic E-state index is 0.00543. The average molecular weight is 378 g/mol. The molecule has 1 aliphatic heterocycles. The number of likely N-dealkylation sites (N-methyl/N-ethyl adjacent to an activating group) is 2. The van der Waals surface area contributed by atoms with Crippen molar-refractivity contribution in [2.45, 2.75) is 25.6 Å². The Morgan fingerprint density at radius 1 is 1.25 bits per heavy atom. The van der Waals surface area contributed by atoms with Gasteiger partial charge in [-0.2, -0.15) is 0 Å². The lowest BCUT2D eigenvalue weighted by molar-refractivity contribution is 0.0733. The molecule has 0 fully saturated rings. The van der Waals surface area contributed by atoms with Gasteiger partial charge in [0.05, 0.1) is 24.0 Å². The fourth-order valence-corrected chi connectivity index (χ4v) is 4.02. The third kappa shape index (κ3) is 3.53. The number of imidazole rings is 1. The number of benzene rings is 2. The van der Waals surface area contributed by atoms with Crippen LogP contribution in [0.1, 0.15) is 21.5 Å². The fraction of sp³-hybridized carbons (Fsp3) is 0.364. The van der Waals surface area contributed by atoms with Crippen molar-refractivity contribution in [1.82, 2.24) is 19.4 Å². The molecule has 0 aliphatic carbocycles. The fourth-order valence-electron chi connectivity index (χ4n) is 4.02. The molecule has 1 atom stereocenters. The Bertz CT molecular complexity index is 997. The van der Waals surface area contributed by atoms with Crippen LogP contribution in [0.25, 0.3) is 11.0 Å². The van der Waals surface area contributed by atoms with E-state index in [0.29, 0.717) is 24.7 Å². The highest BCUT2D eigenvalue weighted by Crippen LogP contribution is 2.23. The Morgan fingerprint density at radius 3 is 2.82 bits per heavy atom. The predicted molar refractivity (Wildman–Crippen MR) is 109 cm³/mol. The van der Waals surface area contributed by atoms with Crippen molar-refractivity contribution in [2.24, 2.45) is 0 Å². The van der Waals surface area contributed by atoms with Crippen molar-refractivity contribution in [1.29, 1.82) is 0 Å². The molecule has 4 rings (SSSR count). The summed E-state index contributed by atoms with van der Waals surface area (Å²) in [5.74, 6) is 0.00543. The molecule has 146 valence electrons. The number of nitrogens with zero attached hydrogens (tertiary/aromatic N) is 4. The van der Waals surface area contributed by atoms with Gasteiger partial charge in [-0.3, -0.25) is 9.69 Å². The van der Waals surface area contributed by atoms with Crippen LogP contribution in [-0.4, -0.2) is 63.7 Å². The normalized spacial score (nSPS) is 16.9. The maximum atomic E-state index is 13.0. The van der Waals surface area contributed by atoms with Gasteiger partial charge in [-0.25, -0.2) is 4.98 Å². The number of hydrogen-bond acceptors (Lipinski definition) is 4. The number of rotatable bonds is 5. The molecule has 0 radical (unpaired) electrons. The summed E-state index contributed by atoms with van der Waals surface area (Å²) in [5, 5.41) is 9.14. The van der Waals surface area contributed by atoms with E-state index in [2.05, 4.69) is 41.2 Å². The van der Waals surface area contributed by atoms with Crippen LogP contribution in [0.3, 0.4) is 0 Å². The lowest BCUT2D eigenvalue weighted by atomic mass is 9.94. The first-order valence-electron chi connectivity index (χ1n) is 9.65. The van der Waals surface area contributed by atoms with E-state index in [-0.39, 0.29) is 12.5 Å². The largest absolute Gasteiger partial charge is 0.395 e. The third-order valence-electron chi connectivity index (χ3n) is 5.66. The monoisotopic (exact) mass is 378 g/mol. The van der Waals surface area contributed by atoms with E-state index < -0.39 is 0 Å². The first-order valence-corrected chi connectivity index (χ1v) is 9.65. The standard InChI is InChI=1S/C22H26N4O2/c1-24-13-18-6-4-3-5-16(18)11-19(24)14-25(2)22(28)17-7-8-21-20(12-17)23-15-26(21)9-10-27/h3-8,12,15,19,27H,9-11,13-14H2,1-2H3/t19-/m0/s1. The molecule has 0 spiro atoms. The lowest BCUT2D eigenvalue weighted by Gasteiger charge is -2.36. The second-order valence-electron chi connectivity index (χ2n) is 7.59. The smallest absolute Gasteiger partial charge is 0.253 e. The Morgan fingerprint density at radius 2 is 2.04 bits per heavy atom. The molecule has 0 saturated carbocycles. The van der Waals surface area contributed by atoms with Gasteiger partial charge in [-0.15, -0.1) is 0 Å². The Balaban J connectivity index is 1.48. The second kappa shape index (κ2) is 7.73. The molecule has 1 aromatic heterocycles. The number of fused-ring (bicyclic) bond motifs is 2. The van der Waals surface area contributed by atoms with Gasteiger partial charge in [-0.1, -0.05) is 24.3 Å². The van der Waals surface area contributed by atoms with Crippen LogP contribution in [0.2, 0.25) is 0 Å². The number of carbonyl (C=O) groups excluding carboxylic acids is 1. The van der Waals surface area contributed by atoms with Crippen molar-refractivity contribution < 1.29 is 9.90 Å². The maximum absolute atomic E-state index is 13.0. The van der Waals surface area contributed by atoms with Gasteiger partial charge in [0.2, 0.25) is 0 Å². The van der Waals surface area contributed by atoms with Crippen LogP contribution in [0.5, 0.6) is 0 Å². The molecule has 2 aromatic carbocycles. The van der Waals surface area contributed by atoms with Crippen molar-refractivity contribution >= 4 is 16.9 Å². The molecule has 0 saturated heterocycles. The molecule has 28 heavy (non-hydrogen) atoms. The van der Waals surface area contributed by atoms with E-state index in [0.717, 1.165) is 24.0 Å². The highest BCUT2D eigenvalue weighted by atomic mass is 16.3. The van der Waals surface area contributed by atoms with Gasteiger partial charge >= 0.3 is 0 Å². The van der Waals surface area contributed by atoms with E-state index in [1.165, 1.54) is 11.1 Å². The Labute approximate surface area is 165 Å². The number of amides is 1. The Hall–Kier alpha value is -2.70. The molecule has 6 nitrogen and oxygen atoms in total.